The van der Waals surface area contributed by atoms with Crippen LogP contribution in [-0.2, 0) is 18.6 Å². The van der Waals surface area contributed by atoms with E-state index in [0.29, 0.717) is 13.2 Å². The Morgan fingerprint density at radius 1 is 1.30 bits per heavy atom. The molecule has 5 nitrogen and oxygen atoms in total. The largest absolute Gasteiger partial charge is 0.414 e. The van der Waals surface area contributed by atoms with Gasteiger partial charge >= 0.3 is 0 Å². The Morgan fingerprint density at radius 3 is 2.45 bits per heavy atom. The van der Waals surface area contributed by atoms with Crippen molar-refractivity contribution in [2.75, 3.05) is 13.2 Å². The van der Waals surface area contributed by atoms with Crippen LogP contribution in [0.5, 0.6) is 0 Å². The van der Waals surface area contributed by atoms with E-state index < -0.39 is 26.0 Å². The maximum absolute atomic E-state index is 10.2. The molecule has 0 aromatic rings. The number of hydrogen-bond acceptors (Lipinski definition) is 5. The van der Waals surface area contributed by atoms with Crippen molar-refractivity contribution in [3.63, 3.8) is 0 Å². The summed E-state index contributed by atoms with van der Waals surface area (Å²) in [6.45, 7) is 15.3. The lowest BCUT2D eigenvalue weighted by atomic mass is 10.0. The minimum atomic E-state index is -1.92. The predicted octanol–water partition coefficient (Wildman–Crippen LogP) is 2.25. The number of hydrogen-bond donors (Lipinski definition) is 1. The number of fused-ring (bicyclic) bond motifs is 1. The van der Waals surface area contributed by atoms with E-state index in [2.05, 4.69) is 33.9 Å². The van der Waals surface area contributed by atoms with Crippen molar-refractivity contribution < 1.29 is 23.7 Å². The molecule has 1 N–H and O–H groups in total. The van der Waals surface area contributed by atoms with Crippen LogP contribution in [0.25, 0.3) is 0 Å². The number of aliphatic hydroxyl groups excluding tert-OH is 1. The summed E-state index contributed by atoms with van der Waals surface area (Å²) in [7, 11) is -1.92. The van der Waals surface area contributed by atoms with E-state index in [1.165, 1.54) is 0 Å². The average molecular weight is 304 g/mol. The van der Waals surface area contributed by atoms with E-state index in [1.807, 2.05) is 13.8 Å². The van der Waals surface area contributed by atoms with E-state index in [4.69, 9.17) is 18.6 Å². The summed E-state index contributed by atoms with van der Waals surface area (Å²) in [5, 5.41) is 10.3. The highest BCUT2D eigenvalue weighted by molar-refractivity contribution is 6.74. The van der Waals surface area contributed by atoms with Gasteiger partial charge < -0.3 is 23.7 Å². The third-order valence-electron chi connectivity index (χ3n) is 4.70. The zero-order chi connectivity index (χ0) is 15.4. The third kappa shape index (κ3) is 2.69. The summed E-state index contributed by atoms with van der Waals surface area (Å²) in [4.78, 5) is 0. The molecule has 118 valence electrons. The molecule has 0 aliphatic carbocycles. The Kier molecular flexibility index (Phi) is 3.90. The van der Waals surface area contributed by atoms with Crippen LogP contribution in [0.4, 0.5) is 0 Å². The average Bonchev–Trinajstić information content (AvgIpc) is 2.68. The van der Waals surface area contributed by atoms with Crippen LogP contribution >= 0.6 is 0 Å². The molecule has 0 aromatic heterocycles. The van der Waals surface area contributed by atoms with E-state index in [9.17, 15) is 5.11 Å². The van der Waals surface area contributed by atoms with Gasteiger partial charge in [0.05, 0.1) is 13.2 Å². The minimum Gasteiger partial charge on any atom is -0.414 e. The molecule has 0 saturated carbocycles. The van der Waals surface area contributed by atoms with Crippen LogP contribution in [0.3, 0.4) is 0 Å². The second-order valence-corrected chi connectivity index (χ2v) is 12.6. The molecule has 0 spiro atoms. The highest BCUT2D eigenvalue weighted by atomic mass is 28.4. The Hall–Kier alpha value is 0.0169. The van der Waals surface area contributed by atoms with Gasteiger partial charge in [0.2, 0.25) is 0 Å². The summed E-state index contributed by atoms with van der Waals surface area (Å²) in [6.07, 6.45) is -1.28. The van der Waals surface area contributed by atoms with Gasteiger partial charge in [0.15, 0.2) is 26.0 Å². The lowest BCUT2D eigenvalue weighted by Gasteiger charge is -2.39. The van der Waals surface area contributed by atoms with Crippen LogP contribution < -0.4 is 0 Å². The van der Waals surface area contributed by atoms with Gasteiger partial charge in [-0.3, -0.25) is 0 Å². The van der Waals surface area contributed by atoms with Crippen molar-refractivity contribution >= 4 is 8.32 Å². The monoisotopic (exact) mass is 304 g/mol. The molecule has 2 fully saturated rings. The summed E-state index contributed by atoms with van der Waals surface area (Å²) < 4.78 is 23.4. The first-order valence-corrected chi connectivity index (χ1v) is 10.1. The molecule has 0 radical (unpaired) electrons. The van der Waals surface area contributed by atoms with Crippen LogP contribution in [0.2, 0.25) is 18.1 Å². The van der Waals surface area contributed by atoms with Crippen molar-refractivity contribution in [2.24, 2.45) is 0 Å². The SMILES string of the molecule is CC1(C)O[C@H]2COC(O)[C@@]2(CO[Si](C)(C)C(C)(C)C)O1. The molecule has 2 aliphatic heterocycles. The fraction of sp³-hybridized carbons (Fsp3) is 1.00. The molecule has 0 amide bonds. The minimum absolute atomic E-state index is 0.110. The molecule has 0 aromatic carbocycles. The van der Waals surface area contributed by atoms with Gasteiger partial charge in [-0.25, -0.2) is 0 Å². The Morgan fingerprint density at radius 2 is 1.90 bits per heavy atom. The fourth-order valence-corrected chi connectivity index (χ4v) is 3.42. The van der Waals surface area contributed by atoms with Crippen molar-refractivity contribution in [3.05, 3.63) is 0 Å². The molecule has 2 rings (SSSR count). The van der Waals surface area contributed by atoms with Gasteiger partial charge in [-0.05, 0) is 32.0 Å². The summed E-state index contributed by atoms with van der Waals surface area (Å²) >= 11 is 0. The molecule has 20 heavy (non-hydrogen) atoms. The Bertz CT molecular complexity index is 376. The molecule has 2 aliphatic rings. The molecular formula is C14H28O5Si. The maximum Gasteiger partial charge on any atom is 0.192 e. The molecule has 2 heterocycles. The number of rotatable bonds is 3. The van der Waals surface area contributed by atoms with Crippen molar-refractivity contribution in [3.8, 4) is 0 Å². The Labute approximate surface area is 122 Å². The highest BCUT2D eigenvalue weighted by Crippen LogP contribution is 2.45. The molecule has 6 heteroatoms. The van der Waals surface area contributed by atoms with Gasteiger partial charge in [-0.2, -0.15) is 0 Å². The maximum atomic E-state index is 10.2. The van der Waals surface area contributed by atoms with E-state index in [-0.39, 0.29) is 11.1 Å². The molecule has 2 saturated heterocycles. The van der Waals surface area contributed by atoms with E-state index >= 15 is 0 Å². The first kappa shape index (κ1) is 16.4. The first-order valence-electron chi connectivity index (χ1n) is 7.21. The van der Waals surface area contributed by atoms with Gasteiger partial charge in [-0.1, -0.05) is 20.8 Å². The lowest BCUT2D eigenvalue weighted by molar-refractivity contribution is -0.242. The molecule has 0 bridgehead atoms. The van der Waals surface area contributed by atoms with Crippen LogP contribution in [0.1, 0.15) is 34.6 Å². The quantitative estimate of drug-likeness (QED) is 0.810. The smallest absolute Gasteiger partial charge is 0.192 e. The normalized spacial score (nSPS) is 37.2. The van der Waals surface area contributed by atoms with Crippen LogP contribution in [0.15, 0.2) is 0 Å². The summed E-state index contributed by atoms with van der Waals surface area (Å²) in [6, 6.07) is 0. The van der Waals surface area contributed by atoms with E-state index in [0.717, 1.165) is 0 Å². The first-order chi connectivity index (χ1) is 8.90. The second-order valence-electron chi connectivity index (χ2n) is 7.80. The standard InChI is InChI=1S/C14H28O5Si/c1-12(2,3)20(6,7)17-9-14-10(8-16-11(14)15)18-13(4,5)19-14/h10-11,15H,8-9H2,1-7H3/t10-,11?,14-/m0/s1. The van der Waals surface area contributed by atoms with Crippen molar-refractivity contribution in [1.82, 2.24) is 0 Å². The molecular weight excluding hydrogens is 276 g/mol. The van der Waals surface area contributed by atoms with Gasteiger partial charge in [-0.15, -0.1) is 0 Å². The van der Waals surface area contributed by atoms with Crippen molar-refractivity contribution in [1.29, 1.82) is 0 Å². The predicted molar refractivity (Wildman–Crippen MR) is 77.9 cm³/mol. The fourth-order valence-electron chi connectivity index (χ4n) is 2.40. The zero-order valence-corrected chi connectivity index (χ0v) is 14.6. The topological polar surface area (TPSA) is 57.2 Å². The highest BCUT2D eigenvalue weighted by Gasteiger charge is 2.63. The van der Waals surface area contributed by atoms with Crippen molar-refractivity contribution in [2.45, 2.75) is 76.5 Å². The lowest BCUT2D eigenvalue weighted by Crippen LogP contribution is -2.54. The Balaban J connectivity index is 2.14. The number of ether oxygens (including phenoxy) is 3. The van der Waals surface area contributed by atoms with E-state index in [1.54, 1.807) is 0 Å². The second kappa shape index (κ2) is 4.76. The third-order valence-corrected chi connectivity index (χ3v) is 9.17. The van der Waals surface area contributed by atoms with Gasteiger partial charge in [0.25, 0.3) is 0 Å². The molecule has 3 atom stereocenters. The van der Waals surface area contributed by atoms with Crippen LogP contribution in [-0.4, -0.2) is 50.4 Å². The van der Waals surface area contributed by atoms with Crippen LogP contribution in [0, 0.1) is 0 Å². The van der Waals surface area contributed by atoms with Gasteiger partial charge in [0, 0.05) is 0 Å². The van der Waals surface area contributed by atoms with Gasteiger partial charge in [0.1, 0.15) is 6.10 Å². The zero-order valence-electron chi connectivity index (χ0n) is 13.6. The summed E-state index contributed by atoms with van der Waals surface area (Å²) in [5.41, 5.74) is -0.904. The number of aliphatic hydroxyl groups is 1. The molecule has 1 unspecified atom stereocenters. The summed E-state index contributed by atoms with van der Waals surface area (Å²) in [5.74, 6) is -0.716.